The van der Waals surface area contributed by atoms with Gasteiger partial charge in [0.05, 0.1) is 25.0 Å². The van der Waals surface area contributed by atoms with E-state index in [2.05, 4.69) is 20.1 Å². The van der Waals surface area contributed by atoms with Crippen LogP contribution in [0.3, 0.4) is 0 Å². The highest BCUT2D eigenvalue weighted by atomic mass is 127. The maximum atomic E-state index is 12.6. The van der Waals surface area contributed by atoms with E-state index in [9.17, 15) is 13.2 Å². The van der Waals surface area contributed by atoms with Gasteiger partial charge in [-0.15, -0.1) is 24.0 Å². The minimum absolute atomic E-state index is 0. The first-order valence-electron chi connectivity index (χ1n) is 10.1. The van der Waals surface area contributed by atoms with E-state index >= 15 is 0 Å². The first kappa shape index (κ1) is 26.4. The van der Waals surface area contributed by atoms with Gasteiger partial charge >= 0.3 is 0 Å². The number of nitrogens with one attached hydrogen (secondary N) is 1. The van der Waals surface area contributed by atoms with Crippen molar-refractivity contribution in [3.8, 4) is 0 Å². The molecule has 2 fully saturated rings. The van der Waals surface area contributed by atoms with E-state index in [0.717, 1.165) is 58.1 Å². The van der Waals surface area contributed by atoms with Gasteiger partial charge in [0, 0.05) is 59.1 Å². The number of hydrogen-bond acceptors (Lipinski definition) is 6. The predicted octanol–water partition coefficient (Wildman–Crippen LogP) is -0.130. The molecule has 0 aliphatic carbocycles. The predicted molar refractivity (Wildman–Crippen MR) is 126 cm³/mol. The molecule has 0 aromatic carbocycles. The van der Waals surface area contributed by atoms with Gasteiger partial charge in [0.25, 0.3) is 0 Å². The van der Waals surface area contributed by atoms with Crippen LogP contribution in [-0.4, -0.2) is 119 Å². The monoisotopic (exact) mass is 545 g/mol. The fourth-order valence-electron chi connectivity index (χ4n) is 3.56. The zero-order valence-electron chi connectivity index (χ0n) is 17.8. The summed E-state index contributed by atoms with van der Waals surface area (Å²) in [4.78, 5) is 23.3. The van der Waals surface area contributed by atoms with Gasteiger partial charge in [-0.3, -0.25) is 14.7 Å². The van der Waals surface area contributed by atoms with Gasteiger partial charge in [0.2, 0.25) is 5.91 Å². The third-order valence-corrected chi connectivity index (χ3v) is 6.18. The van der Waals surface area contributed by atoms with Crippen molar-refractivity contribution in [2.75, 3.05) is 78.1 Å². The van der Waals surface area contributed by atoms with Gasteiger partial charge in [0.1, 0.15) is 9.84 Å². The Morgan fingerprint density at radius 1 is 1.07 bits per heavy atom. The molecule has 1 atom stereocenters. The second-order valence-corrected chi connectivity index (χ2v) is 9.71. The molecule has 2 rings (SSSR count). The van der Waals surface area contributed by atoms with Gasteiger partial charge in [-0.2, -0.15) is 0 Å². The van der Waals surface area contributed by atoms with E-state index in [4.69, 9.17) is 4.74 Å². The summed E-state index contributed by atoms with van der Waals surface area (Å²) < 4.78 is 27.5. The van der Waals surface area contributed by atoms with Crippen molar-refractivity contribution in [3.05, 3.63) is 0 Å². The molecule has 0 spiro atoms. The van der Waals surface area contributed by atoms with Crippen LogP contribution >= 0.6 is 24.0 Å². The lowest BCUT2D eigenvalue weighted by Gasteiger charge is -2.39. The Bertz CT molecular complexity index is 632. The van der Waals surface area contributed by atoms with Crippen LogP contribution in [0.4, 0.5) is 0 Å². The average Bonchev–Trinajstić information content (AvgIpc) is 3.20. The molecule has 1 N–H and O–H groups in total. The summed E-state index contributed by atoms with van der Waals surface area (Å²) >= 11 is 0. The van der Waals surface area contributed by atoms with E-state index in [1.54, 1.807) is 7.05 Å². The Kier molecular flexibility index (Phi) is 11.7. The Balaban J connectivity index is 0.00000420. The van der Waals surface area contributed by atoms with Gasteiger partial charge in [-0.1, -0.05) is 0 Å². The Morgan fingerprint density at radius 3 is 2.24 bits per heavy atom. The van der Waals surface area contributed by atoms with E-state index < -0.39 is 9.84 Å². The van der Waals surface area contributed by atoms with E-state index in [-0.39, 0.29) is 48.3 Å². The SMILES string of the molecule is CN=C(NCCOCCS(C)(=O)=O)N1CCN(C(C)C(=O)N2CCCC2)CC1.I. The number of rotatable bonds is 8. The normalized spacial score (nSPS) is 19.8. The summed E-state index contributed by atoms with van der Waals surface area (Å²) in [6.07, 6.45) is 3.44. The van der Waals surface area contributed by atoms with Gasteiger partial charge in [0.15, 0.2) is 5.96 Å². The fourth-order valence-corrected chi connectivity index (χ4v) is 3.98. The number of amides is 1. The highest BCUT2D eigenvalue weighted by Gasteiger charge is 2.30. The van der Waals surface area contributed by atoms with Crippen molar-refractivity contribution < 1.29 is 17.9 Å². The minimum atomic E-state index is -2.98. The van der Waals surface area contributed by atoms with E-state index in [1.807, 2.05) is 11.8 Å². The molecule has 11 heteroatoms. The van der Waals surface area contributed by atoms with E-state index in [1.165, 1.54) is 6.26 Å². The lowest BCUT2D eigenvalue weighted by atomic mass is 10.2. The highest BCUT2D eigenvalue weighted by Crippen LogP contribution is 2.14. The molecular weight excluding hydrogens is 509 g/mol. The molecule has 1 unspecified atom stereocenters. The van der Waals surface area contributed by atoms with Crippen molar-refractivity contribution in [2.45, 2.75) is 25.8 Å². The first-order valence-corrected chi connectivity index (χ1v) is 12.1. The molecule has 2 aliphatic heterocycles. The second-order valence-electron chi connectivity index (χ2n) is 7.45. The summed E-state index contributed by atoms with van der Waals surface area (Å²) in [6.45, 7) is 8.28. The third kappa shape index (κ3) is 8.93. The van der Waals surface area contributed by atoms with E-state index in [0.29, 0.717) is 13.2 Å². The van der Waals surface area contributed by atoms with Gasteiger partial charge < -0.3 is 19.9 Å². The number of aliphatic imine (C=N–C) groups is 1. The Hall–Kier alpha value is -0.660. The van der Waals surface area contributed by atoms with Crippen molar-refractivity contribution >= 4 is 45.7 Å². The number of nitrogens with zero attached hydrogens (tertiary/aromatic N) is 4. The molecule has 0 saturated carbocycles. The fraction of sp³-hybridized carbons (Fsp3) is 0.889. The topological polar surface area (TPSA) is 94.5 Å². The number of sulfone groups is 1. The largest absolute Gasteiger partial charge is 0.379 e. The number of guanidine groups is 1. The highest BCUT2D eigenvalue weighted by molar-refractivity contribution is 14.0. The summed E-state index contributed by atoms with van der Waals surface area (Å²) in [5.41, 5.74) is 0. The zero-order valence-corrected chi connectivity index (χ0v) is 20.9. The van der Waals surface area contributed by atoms with Crippen LogP contribution in [-0.2, 0) is 19.4 Å². The molecular formula is C18H36IN5O4S. The van der Waals surface area contributed by atoms with Crippen molar-refractivity contribution in [2.24, 2.45) is 4.99 Å². The molecule has 0 aromatic heterocycles. The van der Waals surface area contributed by atoms with Crippen LogP contribution in [0.1, 0.15) is 19.8 Å². The number of likely N-dealkylation sites (tertiary alicyclic amines) is 1. The van der Waals surface area contributed by atoms with Crippen LogP contribution < -0.4 is 5.32 Å². The maximum absolute atomic E-state index is 12.6. The van der Waals surface area contributed by atoms with Gasteiger partial charge in [-0.05, 0) is 19.8 Å². The van der Waals surface area contributed by atoms with Crippen LogP contribution in [0.2, 0.25) is 0 Å². The van der Waals surface area contributed by atoms with Gasteiger partial charge in [-0.25, -0.2) is 8.42 Å². The quantitative estimate of drug-likeness (QED) is 0.197. The molecule has 29 heavy (non-hydrogen) atoms. The molecule has 1 amide bonds. The molecule has 0 aromatic rings. The lowest BCUT2D eigenvalue weighted by molar-refractivity contribution is -0.135. The number of ether oxygens (including phenoxy) is 1. The number of halogens is 1. The standard InChI is InChI=1S/C18H35N5O4S.HI/c1-16(17(24)22-7-4-5-8-22)21-9-11-23(12-10-21)18(19-2)20-6-13-27-14-15-28(3,25)26;/h16H,4-15H2,1-3H3,(H,19,20);1H. The van der Waals surface area contributed by atoms with Crippen LogP contribution in [0.15, 0.2) is 4.99 Å². The van der Waals surface area contributed by atoms with Crippen LogP contribution in [0, 0.1) is 0 Å². The minimum Gasteiger partial charge on any atom is -0.379 e. The van der Waals surface area contributed by atoms with Crippen LogP contribution in [0.5, 0.6) is 0 Å². The smallest absolute Gasteiger partial charge is 0.239 e. The molecule has 2 heterocycles. The molecule has 2 saturated heterocycles. The van der Waals surface area contributed by atoms with Crippen molar-refractivity contribution in [1.29, 1.82) is 0 Å². The molecule has 170 valence electrons. The third-order valence-electron chi connectivity index (χ3n) is 5.28. The summed E-state index contributed by atoms with van der Waals surface area (Å²) in [6, 6.07) is -0.0709. The average molecular weight is 545 g/mol. The molecule has 2 aliphatic rings. The maximum Gasteiger partial charge on any atom is 0.239 e. The number of carbonyl (C=O) groups excluding carboxylic acids is 1. The van der Waals surface area contributed by atoms with Crippen molar-refractivity contribution in [3.63, 3.8) is 0 Å². The lowest BCUT2D eigenvalue weighted by Crippen LogP contribution is -2.57. The van der Waals surface area contributed by atoms with Crippen LogP contribution in [0.25, 0.3) is 0 Å². The summed E-state index contributed by atoms with van der Waals surface area (Å²) in [5, 5.41) is 3.26. The summed E-state index contributed by atoms with van der Waals surface area (Å²) in [5.74, 6) is 1.10. The first-order chi connectivity index (χ1) is 13.3. The number of hydrogen-bond donors (Lipinski definition) is 1. The summed E-state index contributed by atoms with van der Waals surface area (Å²) in [7, 11) is -1.23. The second kappa shape index (κ2) is 12.9. The molecule has 0 bridgehead atoms. The molecule has 0 radical (unpaired) electrons. The molecule has 9 nitrogen and oxygen atoms in total. The number of piperazine rings is 1. The Labute approximate surface area is 192 Å². The zero-order chi connectivity index (χ0) is 20.6. The Morgan fingerprint density at radius 2 is 1.69 bits per heavy atom. The van der Waals surface area contributed by atoms with Crippen molar-refractivity contribution in [1.82, 2.24) is 20.0 Å². The number of carbonyl (C=O) groups is 1.